The van der Waals surface area contributed by atoms with Crippen LogP contribution in [0.2, 0.25) is 0 Å². The maximum absolute atomic E-state index is 12.0. The van der Waals surface area contributed by atoms with Gasteiger partial charge in [-0.25, -0.2) is 0 Å². The highest BCUT2D eigenvalue weighted by molar-refractivity contribution is 5.87. The number of rotatable bonds is 6. The molecule has 1 fully saturated rings. The molecule has 178 valence electrons. The van der Waals surface area contributed by atoms with Crippen molar-refractivity contribution in [2.45, 2.75) is 19.9 Å². The lowest BCUT2D eigenvalue weighted by atomic mass is 10.0. The molecule has 2 aliphatic rings. The van der Waals surface area contributed by atoms with Gasteiger partial charge >= 0.3 is 6.01 Å². The Morgan fingerprint density at radius 2 is 1.82 bits per heavy atom. The molecular formula is C26H31N5O3. The largest absolute Gasteiger partial charge is 0.508 e. The Hall–Kier alpha value is -3.81. The third-order valence-corrected chi connectivity index (χ3v) is 6.26. The fourth-order valence-electron chi connectivity index (χ4n) is 4.40. The van der Waals surface area contributed by atoms with Crippen LogP contribution in [0.15, 0.2) is 60.9 Å². The summed E-state index contributed by atoms with van der Waals surface area (Å²) in [6.45, 7) is 9.39. The summed E-state index contributed by atoms with van der Waals surface area (Å²) >= 11 is 0. The van der Waals surface area contributed by atoms with Gasteiger partial charge in [-0.15, -0.1) is 0 Å². The van der Waals surface area contributed by atoms with Crippen molar-refractivity contribution in [3.05, 3.63) is 77.7 Å². The van der Waals surface area contributed by atoms with Crippen LogP contribution >= 0.6 is 0 Å². The van der Waals surface area contributed by atoms with Crippen LogP contribution in [0.25, 0.3) is 5.70 Å². The molecule has 0 aliphatic carbocycles. The van der Waals surface area contributed by atoms with Crippen molar-refractivity contribution in [2.24, 2.45) is 0 Å². The van der Waals surface area contributed by atoms with Gasteiger partial charge in [-0.05, 0) is 31.1 Å². The highest BCUT2D eigenvalue weighted by atomic mass is 16.5. The molecular weight excluding hydrogens is 430 g/mol. The second-order valence-corrected chi connectivity index (χ2v) is 8.26. The molecule has 1 aromatic carbocycles. The molecule has 0 unspecified atom stereocenters. The SMILES string of the molecule is C=CC(=O)N1CCN(c2nc(OC)nc3c2CCN(/C(=C/C(O)=C\C)c2ccccc2)C3)CC1. The van der Waals surface area contributed by atoms with Crippen molar-refractivity contribution < 1.29 is 14.6 Å². The molecule has 1 amide bonds. The van der Waals surface area contributed by atoms with E-state index in [-0.39, 0.29) is 11.7 Å². The van der Waals surface area contributed by atoms with Gasteiger partial charge in [0.25, 0.3) is 0 Å². The van der Waals surface area contributed by atoms with Crippen LogP contribution in [0.1, 0.15) is 23.7 Å². The summed E-state index contributed by atoms with van der Waals surface area (Å²) < 4.78 is 5.44. The number of aliphatic hydroxyl groups excluding tert-OH is 1. The van der Waals surface area contributed by atoms with Gasteiger partial charge < -0.3 is 24.5 Å². The van der Waals surface area contributed by atoms with Crippen molar-refractivity contribution in [3.63, 3.8) is 0 Å². The average Bonchev–Trinajstić information content (AvgIpc) is 2.90. The number of hydrogen-bond donors (Lipinski definition) is 1. The minimum Gasteiger partial charge on any atom is -0.508 e. The van der Waals surface area contributed by atoms with Crippen molar-refractivity contribution in [1.82, 2.24) is 19.8 Å². The van der Waals surface area contributed by atoms with Crippen LogP contribution in [-0.2, 0) is 17.8 Å². The number of benzene rings is 1. The molecule has 2 aliphatic heterocycles. The Bertz CT molecular complexity index is 1100. The summed E-state index contributed by atoms with van der Waals surface area (Å²) in [5.74, 6) is 1.06. The fourth-order valence-corrected chi connectivity index (χ4v) is 4.40. The molecule has 1 N–H and O–H groups in total. The van der Waals surface area contributed by atoms with E-state index in [1.165, 1.54) is 6.08 Å². The molecule has 2 aromatic rings. The Labute approximate surface area is 200 Å². The van der Waals surface area contributed by atoms with Gasteiger partial charge in [-0.3, -0.25) is 4.79 Å². The van der Waals surface area contributed by atoms with Gasteiger partial charge in [0.2, 0.25) is 5.91 Å². The zero-order chi connectivity index (χ0) is 24.1. The van der Waals surface area contributed by atoms with Gasteiger partial charge in [-0.2, -0.15) is 9.97 Å². The van der Waals surface area contributed by atoms with Crippen LogP contribution in [0.4, 0.5) is 5.82 Å². The van der Waals surface area contributed by atoms with Crippen molar-refractivity contribution in [3.8, 4) is 6.01 Å². The minimum absolute atomic E-state index is 0.0396. The molecule has 8 nitrogen and oxygen atoms in total. The Kier molecular flexibility index (Phi) is 7.15. The lowest BCUT2D eigenvalue weighted by Gasteiger charge is -2.38. The molecule has 1 aromatic heterocycles. The topological polar surface area (TPSA) is 82.0 Å². The van der Waals surface area contributed by atoms with E-state index in [0.717, 1.165) is 41.3 Å². The van der Waals surface area contributed by atoms with Crippen molar-refractivity contribution in [2.75, 3.05) is 44.7 Å². The lowest BCUT2D eigenvalue weighted by molar-refractivity contribution is -0.126. The van der Waals surface area contributed by atoms with Gasteiger partial charge in [0.05, 0.1) is 19.3 Å². The maximum atomic E-state index is 12.0. The molecule has 34 heavy (non-hydrogen) atoms. The standard InChI is InChI=1S/C26H31N5O3/c1-4-20(32)17-23(19-9-7-6-8-10-19)31-12-11-21-22(18-31)27-26(34-3)28-25(21)30-15-13-29(14-16-30)24(33)5-2/h4-10,17,32H,2,11-16,18H2,1,3H3/b20-4+,23-17+. The van der Waals surface area contributed by atoms with E-state index >= 15 is 0 Å². The number of hydrogen-bond acceptors (Lipinski definition) is 7. The van der Waals surface area contributed by atoms with Crippen molar-refractivity contribution >= 4 is 17.4 Å². The highest BCUT2D eigenvalue weighted by Gasteiger charge is 2.29. The molecule has 0 saturated carbocycles. The Balaban J connectivity index is 1.64. The van der Waals surface area contributed by atoms with Crippen LogP contribution in [0.3, 0.4) is 0 Å². The number of fused-ring (bicyclic) bond motifs is 1. The van der Waals surface area contributed by atoms with E-state index in [2.05, 4.69) is 21.4 Å². The van der Waals surface area contributed by atoms with E-state index in [0.29, 0.717) is 38.7 Å². The van der Waals surface area contributed by atoms with E-state index in [4.69, 9.17) is 9.72 Å². The van der Waals surface area contributed by atoms with Crippen LogP contribution in [0, 0.1) is 0 Å². The monoisotopic (exact) mass is 461 g/mol. The number of anilines is 1. The third kappa shape index (κ3) is 4.90. The quantitative estimate of drug-likeness (QED) is 0.402. The summed E-state index contributed by atoms with van der Waals surface area (Å²) in [5, 5.41) is 10.3. The van der Waals surface area contributed by atoms with Crippen molar-refractivity contribution in [1.29, 1.82) is 0 Å². The molecule has 0 radical (unpaired) electrons. The second kappa shape index (κ2) is 10.4. The first-order valence-electron chi connectivity index (χ1n) is 11.5. The maximum Gasteiger partial charge on any atom is 0.318 e. The predicted octanol–water partition coefficient (Wildman–Crippen LogP) is 3.18. The molecule has 8 heteroatoms. The fraction of sp³-hybridized carbons (Fsp3) is 0.346. The van der Waals surface area contributed by atoms with Gasteiger partial charge in [0.1, 0.15) is 11.6 Å². The van der Waals surface area contributed by atoms with E-state index in [9.17, 15) is 9.90 Å². The highest BCUT2D eigenvalue weighted by Crippen LogP contribution is 2.33. The molecule has 4 rings (SSSR count). The summed E-state index contributed by atoms with van der Waals surface area (Å²) in [6, 6.07) is 10.4. The number of allylic oxidation sites excluding steroid dienone is 2. The number of piperazine rings is 1. The molecule has 0 spiro atoms. The summed E-state index contributed by atoms with van der Waals surface area (Å²) in [7, 11) is 1.58. The van der Waals surface area contributed by atoms with Crippen LogP contribution < -0.4 is 9.64 Å². The zero-order valence-electron chi connectivity index (χ0n) is 19.8. The van der Waals surface area contributed by atoms with E-state index in [1.807, 2.05) is 37.3 Å². The van der Waals surface area contributed by atoms with Crippen LogP contribution in [0.5, 0.6) is 6.01 Å². The normalized spacial score (nSPS) is 16.8. The Morgan fingerprint density at radius 3 is 2.47 bits per heavy atom. The number of methoxy groups -OCH3 is 1. The van der Waals surface area contributed by atoms with Gasteiger partial charge in [0.15, 0.2) is 0 Å². The number of aliphatic hydroxyl groups is 1. The van der Waals surface area contributed by atoms with Gasteiger partial charge in [-0.1, -0.05) is 36.9 Å². The summed E-state index contributed by atoms with van der Waals surface area (Å²) in [5.41, 5.74) is 4.00. The molecule has 0 bridgehead atoms. The first-order chi connectivity index (χ1) is 16.5. The smallest absolute Gasteiger partial charge is 0.318 e. The third-order valence-electron chi connectivity index (χ3n) is 6.26. The predicted molar refractivity (Wildman–Crippen MR) is 132 cm³/mol. The lowest BCUT2D eigenvalue weighted by Crippen LogP contribution is -2.49. The number of aromatic nitrogens is 2. The average molecular weight is 462 g/mol. The molecule has 0 atom stereocenters. The number of nitrogens with zero attached hydrogens (tertiary/aromatic N) is 5. The number of carbonyl (C=O) groups excluding carboxylic acids is 1. The van der Waals surface area contributed by atoms with Crippen LogP contribution in [-0.4, -0.2) is 70.6 Å². The Morgan fingerprint density at radius 1 is 1.09 bits per heavy atom. The van der Waals surface area contributed by atoms with Gasteiger partial charge in [0, 0.05) is 50.1 Å². The van der Waals surface area contributed by atoms with E-state index in [1.54, 1.807) is 24.2 Å². The summed E-state index contributed by atoms with van der Waals surface area (Å²) in [6.07, 6.45) is 5.61. The number of carbonyl (C=O) groups is 1. The number of amides is 1. The first kappa shape index (κ1) is 23.4. The van der Waals surface area contributed by atoms with E-state index < -0.39 is 0 Å². The molecule has 1 saturated heterocycles. The summed E-state index contributed by atoms with van der Waals surface area (Å²) in [4.78, 5) is 27.6. The second-order valence-electron chi connectivity index (χ2n) is 8.26. The number of ether oxygens (including phenoxy) is 1. The molecule has 3 heterocycles. The first-order valence-corrected chi connectivity index (χ1v) is 11.5. The zero-order valence-corrected chi connectivity index (χ0v) is 19.8. The minimum atomic E-state index is -0.0396.